The molecule has 4 aliphatic heterocycles. The first kappa shape index (κ1) is 19.4. The molecule has 30 heavy (non-hydrogen) atoms. The molecular formula is C24H31N5O. The number of nitrogens with zero attached hydrogens (tertiary/aromatic N) is 3. The van der Waals surface area contributed by atoms with Crippen LogP contribution in [0.3, 0.4) is 0 Å². The van der Waals surface area contributed by atoms with Gasteiger partial charge in [-0.15, -0.1) is 0 Å². The SMILES string of the molecule is C=C1CNC2=NC[C@H]3CN(CC4=CCNCC4)CCN3C2=CC1c1ccccc1O. The van der Waals surface area contributed by atoms with Crippen molar-refractivity contribution >= 4 is 5.84 Å². The number of allylic oxidation sites excluding steroid dienone is 1. The largest absolute Gasteiger partial charge is 0.508 e. The number of rotatable bonds is 3. The van der Waals surface area contributed by atoms with E-state index in [1.165, 1.54) is 5.70 Å². The lowest BCUT2D eigenvalue weighted by Crippen LogP contribution is -2.57. The summed E-state index contributed by atoms with van der Waals surface area (Å²) in [6.07, 6.45) is 5.77. The normalized spacial score (nSPS) is 27.1. The summed E-state index contributed by atoms with van der Waals surface area (Å²) < 4.78 is 0. The third kappa shape index (κ3) is 3.77. The maximum absolute atomic E-state index is 10.4. The molecule has 1 aromatic carbocycles. The Hall–Kier alpha value is -2.57. The highest BCUT2D eigenvalue weighted by Gasteiger charge is 2.35. The third-order valence-electron chi connectivity index (χ3n) is 6.68. The molecule has 4 aliphatic rings. The predicted molar refractivity (Wildman–Crippen MR) is 121 cm³/mol. The van der Waals surface area contributed by atoms with E-state index in [-0.39, 0.29) is 5.92 Å². The van der Waals surface area contributed by atoms with Gasteiger partial charge in [-0.3, -0.25) is 9.89 Å². The Morgan fingerprint density at radius 3 is 2.97 bits per heavy atom. The molecule has 6 nitrogen and oxygen atoms in total. The molecule has 0 radical (unpaired) electrons. The molecule has 0 spiro atoms. The van der Waals surface area contributed by atoms with Gasteiger partial charge >= 0.3 is 0 Å². The highest BCUT2D eigenvalue weighted by Crippen LogP contribution is 2.35. The molecule has 1 unspecified atom stereocenters. The third-order valence-corrected chi connectivity index (χ3v) is 6.68. The summed E-state index contributed by atoms with van der Waals surface area (Å²) in [5.41, 5.74) is 4.69. The van der Waals surface area contributed by atoms with Gasteiger partial charge in [0.05, 0.1) is 18.3 Å². The molecule has 1 aromatic rings. The number of hydrogen-bond acceptors (Lipinski definition) is 6. The number of nitrogens with one attached hydrogen (secondary N) is 2. The number of aromatic hydroxyl groups is 1. The summed E-state index contributed by atoms with van der Waals surface area (Å²) in [6.45, 7) is 12.1. The molecule has 1 fully saturated rings. The molecule has 3 N–H and O–H groups in total. The van der Waals surface area contributed by atoms with Crippen LogP contribution in [0.4, 0.5) is 0 Å². The van der Waals surface area contributed by atoms with Crippen molar-refractivity contribution in [2.24, 2.45) is 4.99 Å². The number of para-hydroxylation sites is 1. The van der Waals surface area contributed by atoms with Crippen LogP contribution in [0.15, 0.2) is 64.8 Å². The van der Waals surface area contributed by atoms with E-state index in [0.717, 1.165) is 69.2 Å². The highest BCUT2D eigenvalue weighted by atomic mass is 16.3. The second-order valence-electron chi connectivity index (χ2n) is 8.69. The predicted octanol–water partition coefficient (Wildman–Crippen LogP) is 1.84. The van der Waals surface area contributed by atoms with Crippen LogP contribution in [0.5, 0.6) is 5.75 Å². The van der Waals surface area contributed by atoms with Gasteiger partial charge < -0.3 is 20.6 Å². The van der Waals surface area contributed by atoms with Crippen molar-refractivity contribution in [3.8, 4) is 5.75 Å². The van der Waals surface area contributed by atoms with Crippen LogP contribution in [-0.2, 0) is 0 Å². The average molecular weight is 406 g/mol. The van der Waals surface area contributed by atoms with E-state index in [0.29, 0.717) is 18.3 Å². The van der Waals surface area contributed by atoms with E-state index >= 15 is 0 Å². The number of hydrogen-bond donors (Lipinski definition) is 3. The lowest BCUT2D eigenvalue weighted by atomic mass is 9.90. The first-order valence-electron chi connectivity index (χ1n) is 11.0. The summed E-state index contributed by atoms with van der Waals surface area (Å²) >= 11 is 0. The Bertz CT molecular complexity index is 918. The van der Waals surface area contributed by atoms with Crippen molar-refractivity contribution in [1.82, 2.24) is 20.4 Å². The van der Waals surface area contributed by atoms with Crippen molar-refractivity contribution in [3.63, 3.8) is 0 Å². The van der Waals surface area contributed by atoms with Gasteiger partial charge in [-0.25, -0.2) is 0 Å². The average Bonchev–Trinajstić information content (AvgIpc) is 2.94. The van der Waals surface area contributed by atoms with Crippen LogP contribution in [0.2, 0.25) is 0 Å². The Kier molecular flexibility index (Phi) is 5.35. The van der Waals surface area contributed by atoms with Crippen molar-refractivity contribution in [3.05, 3.63) is 65.4 Å². The smallest absolute Gasteiger partial charge is 0.144 e. The van der Waals surface area contributed by atoms with E-state index < -0.39 is 0 Å². The fraction of sp³-hybridized carbons (Fsp3) is 0.458. The Morgan fingerprint density at radius 2 is 2.13 bits per heavy atom. The van der Waals surface area contributed by atoms with E-state index in [1.807, 2.05) is 18.2 Å². The minimum atomic E-state index is -0.0157. The van der Waals surface area contributed by atoms with Crippen molar-refractivity contribution in [2.75, 3.05) is 52.4 Å². The lowest BCUT2D eigenvalue weighted by Gasteiger charge is -2.46. The van der Waals surface area contributed by atoms with Crippen LogP contribution >= 0.6 is 0 Å². The maximum Gasteiger partial charge on any atom is 0.144 e. The molecule has 0 amide bonds. The standard InChI is InChI=1S/C24H31N5O/c1-17-13-26-24-22(12-21(17)20-4-2-3-5-23(20)30)29-11-10-28(16-19(29)14-27-24)15-18-6-8-25-9-7-18/h2-6,12,19,21,25,30H,1,7-11,13-16H2,(H,26,27)/t19-,21?/m0/s1. The number of fused-ring (bicyclic) bond motifs is 3. The van der Waals surface area contributed by atoms with Gasteiger partial charge in [0.15, 0.2) is 0 Å². The number of aliphatic imine (C=N–C) groups is 1. The molecule has 0 bridgehead atoms. The molecule has 1 saturated heterocycles. The van der Waals surface area contributed by atoms with Gasteiger partial charge in [0.25, 0.3) is 0 Å². The van der Waals surface area contributed by atoms with E-state index in [2.05, 4.69) is 39.2 Å². The van der Waals surface area contributed by atoms with Crippen molar-refractivity contribution in [2.45, 2.75) is 18.4 Å². The summed E-state index contributed by atoms with van der Waals surface area (Å²) in [4.78, 5) is 10.0. The van der Waals surface area contributed by atoms with Crippen LogP contribution in [0.25, 0.3) is 0 Å². The zero-order valence-corrected chi connectivity index (χ0v) is 17.5. The van der Waals surface area contributed by atoms with E-state index in [9.17, 15) is 5.11 Å². The minimum Gasteiger partial charge on any atom is -0.508 e. The van der Waals surface area contributed by atoms with Gasteiger partial charge in [0.1, 0.15) is 11.6 Å². The Morgan fingerprint density at radius 1 is 1.23 bits per heavy atom. The summed E-state index contributed by atoms with van der Waals surface area (Å²) in [5, 5.41) is 17.3. The molecule has 6 heteroatoms. The fourth-order valence-corrected chi connectivity index (χ4v) is 5.02. The molecule has 0 saturated carbocycles. The van der Waals surface area contributed by atoms with Gasteiger partial charge in [-0.1, -0.05) is 36.4 Å². The van der Waals surface area contributed by atoms with Gasteiger partial charge in [-0.2, -0.15) is 0 Å². The Balaban J connectivity index is 1.38. The number of amidine groups is 1. The maximum atomic E-state index is 10.4. The van der Waals surface area contributed by atoms with Gasteiger partial charge in [0.2, 0.25) is 0 Å². The minimum absolute atomic E-state index is 0.0157. The Labute approximate surface area is 178 Å². The number of phenolic OH excluding ortho intramolecular Hbond substituents is 1. The first-order valence-corrected chi connectivity index (χ1v) is 11.0. The van der Waals surface area contributed by atoms with Crippen LogP contribution in [0.1, 0.15) is 17.9 Å². The van der Waals surface area contributed by atoms with E-state index in [4.69, 9.17) is 4.99 Å². The molecule has 5 rings (SSSR count). The topological polar surface area (TPSA) is 63.1 Å². The highest BCUT2D eigenvalue weighted by molar-refractivity contribution is 5.99. The number of piperazine rings is 1. The van der Waals surface area contributed by atoms with Gasteiger partial charge in [-0.05, 0) is 30.7 Å². The summed E-state index contributed by atoms with van der Waals surface area (Å²) in [5.74, 6) is 1.28. The zero-order chi connectivity index (χ0) is 20.5. The molecule has 0 aliphatic carbocycles. The van der Waals surface area contributed by atoms with E-state index in [1.54, 1.807) is 11.6 Å². The number of benzene rings is 1. The zero-order valence-electron chi connectivity index (χ0n) is 17.5. The molecular weight excluding hydrogens is 374 g/mol. The van der Waals surface area contributed by atoms with Gasteiger partial charge in [0, 0.05) is 50.7 Å². The fourth-order valence-electron chi connectivity index (χ4n) is 5.02. The van der Waals surface area contributed by atoms with Crippen molar-refractivity contribution in [1.29, 1.82) is 0 Å². The quantitative estimate of drug-likeness (QED) is 0.670. The second-order valence-corrected chi connectivity index (χ2v) is 8.69. The second kappa shape index (κ2) is 8.28. The number of phenols is 1. The summed E-state index contributed by atoms with van der Waals surface area (Å²) in [6, 6.07) is 7.99. The molecule has 0 aromatic heterocycles. The van der Waals surface area contributed by atoms with Crippen LogP contribution < -0.4 is 10.6 Å². The lowest BCUT2D eigenvalue weighted by molar-refractivity contribution is 0.112. The molecule has 2 atom stereocenters. The molecule has 158 valence electrons. The monoisotopic (exact) mass is 405 g/mol. The van der Waals surface area contributed by atoms with Crippen LogP contribution in [-0.4, -0.2) is 79.1 Å². The van der Waals surface area contributed by atoms with Crippen molar-refractivity contribution < 1.29 is 5.11 Å². The van der Waals surface area contributed by atoms with Crippen LogP contribution in [0, 0.1) is 0 Å². The first-order chi connectivity index (χ1) is 14.7. The summed E-state index contributed by atoms with van der Waals surface area (Å²) in [7, 11) is 0. The molecule has 4 heterocycles.